The molecule has 0 fully saturated rings. The summed E-state index contributed by atoms with van der Waals surface area (Å²) in [4.78, 5) is 27.2. The molecule has 1 amide bonds. The van der Waals surface area contributed by atoms with Gasteiger partial charge in [-0.1, -0.05) is 0 Å². The number of amides is 1. The van der Waals surface area contributed by atoms with Gasteiger partial charge in [-0.2, -0.15) is 10.2 Å². The Kier molecular flexibility index (Phi) is 4.76. The van der Waals surface area contributed by atoms with E-state index < -0.39 is 11.6 Å². The number of terminal acetylenes is 1. The lowest BCUT2D eigenvalue weighted by atomic mass is 10.0. The zero-order valence-corrected chi connectivity index (χ0v) is 14.8. The largest absolute Gasteiger partial charge is 0.465 e. The molecule has 2 N–H and O–H groups in total. The van der Waals surface area contributed by atoms with E-state index in [0.717, 1.165) is 10.9 Å². The van der Waals surface area contributed by atoms with Crippen LogP contribution in [-0.4, -0.2) is 36.2 Å². The number of fused-ring (bicyclic) bond motifs is 1. The molecular formula is C19H20N4O3. The number of aromatic nitrogens is 1. The number of nitrogens with one attached hydrogen (secondary N) is 2. The second-order valence-corrected chi connectivity index (χ2v) is 6.32. The van der Waals surface area contributed by atoms with E-state index in [2.05, 4.69) is 26.4 Å². The molecular weight excluding hydrogens is 332 g/mol. The van der Waals surface area contributed by atoms with Crippen molar-refractivity contribution in [2.24, 2.45) is 10.2 Å². The van der Waals surface area contributed by atoms with Crippen LogP contribution in [0.25, 0.3) is 10.9 Å². The Morgan fingerprint density at radius 3 is 2.73 bits per heavy atom. The molecule has 0 spiro atoms. The summed E-state index contributed by atoms with van der Waals surface area (Å²) >= 11 is 0. The summed E-state index contributed by atoms with van der Waals surface area (Å²) in [6.07, 6.45) is 7.22. The first-order chi connectivity index (χ1) is 12.5. The van der Waals surface area contributed by atoms with Crippen molar-refractivity contribution in [2.45, 2.75) is 31.8 Å². The predicted molar refractivity (Wildman–Crippen MR) is 97.0 cm³/mol. The highest BCUT2D eigenvalue weighted by atomic mass is 16.5. The van der Waals surface area contributed by atoms with Crippen molar-refractivity contribution >= 4 is 22.8 Å². The van der Waals surface area contributed by atoms with E-state index in [-0.39, 0.29) is 5.91 Å². The number of aromatic amines is 1. The highest BCUT2D eigenvalue weighted by Gasteiger charge is 2.38. The van der Waals surface area contributed by atoms with Crippen LogP contribution in [0.5, 0.6) is 0 Å². The summed E-state index contributed by atoms with van der Waals surface area (Å²) in [6, 6.07) is 5.21. The third-order valence-electron chi connectivity index (χ3n) is 4.47. The van der Waals surface area contributed by atoms with Crippen molar-refractivity contribution in [1.29, 1.82) is 0 Å². The quantitative estimate of drug-likeness (QED) is 0.592. The zero-order valence-electron chi connectivity index (χ0n) is 14.8. The SMILES string of the molecule is C#CCCC1(CCNC(=O)c2cc3c(C)cc(C(=O)OC)cc3[nH]2)N=N1. The van der Waals surface area contributed by atoms with Crippen LogP contribution in [0.2, 0.25) is 0 Å². The fourth-order valence-electron chi connectivity index (χ4n) is 2.92. The lowest BCUT2D eigenvalue weighted by molar-refractivity contribution is 0.0600. The molecule has 0 aliphatic carbocycles. The van der Waals surface area contributed by atoms with Gasteiger partial charge >= 0.3 is 5.97 Å². The van der Waals surface area contributed by atoms with E-state index >= 15 is 0 Å². The molecule has 1 aromatic carbocycles. The zero-order chi connectivity index (χ0) is 18.7. The van der Waals surface area contributed by atoms with Gasteiger partial charge in [-0.3, -0.25) is 4.79 Å². The van der Waals surface area contributed by atoms with E-state index in [0.29, 0.717) is 42.6 Å². The summed E-state index contributed by atoms with van der Waals surface area (Å²) in [5, 5.41) is 11.9. The minimum atomic E-state index is -0.412. The second kappa shape index (κ2) is 7.00. The van der Waals surface area contributed by atoms with Gasteiger partial charge in [0.1, 0.15) is 5.69 Å². The van der Waals surface area contributed by atoms with Crippen molar-refractivity contribution in [3.63, 3.8) is 0 Å². The first kappa shape index (κ1) is 17.7. The molecule has 1 aliphatic rings. The van der Waals surface area contributed by atoms with Crippen molar-refractivity contribution < 1.29 is 14.3 Å². The molecule has 7 nitrogen and oxygen atoms in total. The summed E-state index contributed by atoms with van der Waals surface area (Å²) in [5.41, 5.74) is 2.08. The Morgan fingerprint density at radius 2 is 2.08 bits per heavy atom. The number of esters is 1. The maximum Gasteiger partial charge on any atom is 0.337 e. The Bertz CT molecular complexity index is 930. The second-order valence-electron chi connectivity index (χ2n) is 6.32. The van der Waals surface area contributed by atoms with Crippen LogP contribution in [-0.2, 0) is 4.74 Å². The average molecular weight is 352 g/mol. The number of rotatable bonds is 7. The monoisotopic (exact) mass is 352 g/mol. The summed E-state index contributed by atoms with van der Waals surface area (Å²) in [6.45, 7) is 2.34. The van der Waals surface area contributed by atoms with Gasteiger partial charge in [0.15, 0.2) is 5.66 Å². The summed E-state index contributed by atoms with van der Waals surface area (Å²) in [7, 11) is 1.34. The highest BCUT2D eigenvalue weighted by molar-refractivity contribution is 6.01. The average Bonchev–Trinajstić information content (AvgIpc) is 3.26. The maximum absolute atomic E-state index is 12.4. The van der Waals surface area contributed by atoms with Gasteiger partial charge in [0, 0.05) is 36.7 Å². The first-order valence-corrected chi connectivity index (χ1v) is 8.35. The summed E-state index contributed by atoms with van der Waals surface area (Å²) < 4.78 is 4.75. The molecule has 0 saturated carbocycles. The van der Waals surface area contributed by atoms with E-state index in [4.69, 9.17) is 11.2 Å². The van der Waals surface area contributed by atoms with Gasteiger partial charge in [-0.15, -0.1) is 12.3 Å². The lowest BCUT2D eigenvalue weighted by Crippen LogP contribution is -2.28. The topological polar surface area (TPSA) is 95.9 Å². The molecule has 1 aliphatic heterocycles. The van der Waals surface area contributed by atoms with Crippen LogP contribution < -0.4 is 5.32 Å². The number of carbonyl (C=O) groups excluding carboxylic acids is 2. The molecule has 1 aromatic heterocycles. The molecule has 2 aromatic rings. The molecule has 3 rings (SSSR count). The maximum atomic E-state index is 12.4. The van der Waals surface area contributed by atoms with Gasteiger partial charge < -0.3 is 15.0 Å². The van der Waals surface area contributed by atoms with Gasteiger partial charge in [0.25, 0.3) is 5.91 Å². The van der Waals surface area contributed by atoms with Crippen molar-refractivity contribution in [3.05, 3.63) is 35.0 Å². The molecule has 134 valence electrons. The molecule has 0 unspecified atom stereocenters. The standard InChI is InChI=1S/C19H20N4O3/c1-4-5-6-19(22-23-19)7-8-20-17(24)16-11-14-12(2)9-13(18(25)26-3)10-15(14)21-16/h1,9-11,21H,5-8H2,2-3H3,(H,20,24). The normalized spacial score (nSPS) is 14.0. The van der Waals surface area contributed by atoms with E-state index in [9.17, 15) is 9.59 Å². The van der Waals surface area contributed by atoms with Crippen LogP contribution in [0.4, 0.5) is 0 Å². The Morgan fingerprint density at radius 1 is 1.31 bits per heavy atom. The van der Waals surface area contributed by atoms with E-state index in [1.807, 2.05) is 6.92 Å². The fraction of sp³-hybridized carbons (Fsp3) is 0.368. The van der Waals surface area contributed by atoms with Crippen LogP contribution in [0.15, 0.2) is 28.4 Å². The molecule has 2 heterocycles. The molecule has 7 heteroatoms. The number of ether oxygens (including phenoxy) is 1. The number of hydrogen-bond donors (Lipinski definition) is 2. The number of carbonyl (C=O) groups is 2. The van der Waals surface area contributed by atoms with Crippen LogP contribution in [0.3, 0.4) is 0 Å². The molecule has 26 heavy (non-hydrogen) atoms. The Hall–Kier alpha value is -3.14. The minimum absolute atomic E-state index is 0.215. The van der Waals surface area contributed by atoms with Gasteiger partial charge in [-0.25, -0.2) is 4.79 Å². The number of hydrogen-bond acceptors (Lipinski definition) is 5. The number of benzene rings is 1. The molecule has 0 atom stereocenters. The van der Waals surface area contributed by atoms with Crippen LogP contribution in [0.1, 0.15) is 45.7 Å². The smallest absolute Gasteiger partial charge is 0.337 e. The van der Waals surface area contributed by atoms with Gasteiger partial charge in [0.05, 0.1) is 12.7 Å². The molecule has 0 saturated heterocycles. The van der Waals surface area contributed by atoms with Gasteiger partial charge in [0.2, 0.25) is 0 Å². The number of aryl methyl sites for hydroxylation is 1. The van der Waals surface area contributed by atoms with E-state index in [1.54, 1.807) is 18.2 Å². The molecule has 0 radical (unpaired) electrons. The first-order valence-electron chi connectivity index (χ1n) is 8.35. The van der Waals surface area contributed by atoms with Crippen molar-refractivity contribution in [2.75, 3.05) is 13.7 Å². The fourth-order valence-corrected chi connectivity index (χ4v) is 2.92. The predicted octanol–water partition coefficient (Wildman–Crippen LogP) is 2.96. The Labute approximate surface area is 151 Å². The number of methoxy groups -OCH3 is 1. The van der Waals surface area contributed by atoms with E-state index in [1.165, 1.54) is 7.11 Å². The number of nitrogens with zero attached hydrogens (tertiary/aromatic N) is 2. The highest BCUT2D eigenvalue weighted by Crippen LogP contribution is 2.36. The minimum Gasteiger partial charge on any atom is -0.465 e. The van der Waals surface area contributed by atoms with Crippen molar-refractivity contribution in [1.82, 2.24) is 10.3 Å². The third-order valence-corrected chi connectivity index (χ3v) is 4.47. The van der Waals surface area contributed by atoms with Gasteiger partial charge in [-0.05, 0) is 30.7 Å². The summed E-state index contributed by atoms with van der Waals surface area (Å²) in [5.74, 6) is 1.95. The number of H-pyrrole nitrogens is 1. The van der Waals surface area contributed by atoms with Crippen LogP contribution >= 0.6 is 0 Å². The Balaban J connectivity index is 1.66. The van der Waals surface area contributed by atoms with Crippen molar-refractivity contribution in [3.8, 4) is 12.3 Å². The third kappa shape index (κ3) is 3.59. The van der Waals surface area contributed by atoms with Crippen LogP contribution in [0, 0.1) is 19.3 Å². The molecule has 0 bridgehead atoms. The lowest BCUT2D eigenvalue weighted by Gasteiger charge is -2.09.